The van der Waals surface area contributed by atoms with Gasteiger partial charge in [0.1, 0.15) is 0 Å². The van der Waals surface area contributed by atoms with E-state index in [1.807, 2.05) is 0 Å². The zero-order chi connectivity index (χ0) is 13.5. The Kier molecular flexibility index (Phi) is 5.27. The van der Waals surface area contributed by atoms with Gasteiger partial charge < -0.3 is 10.1 Å². The molecule has 0 radical (unpaired) electrons. The molecule has 1 fully saturated rings. The maximum absolute atomic E-state index is 13.3. The van der Waals surface area contributed by atoms with E-state index in [0.717, 1.165) is 44.9 Å². The summed E-state index contributed by atoms with van der Waals surface area (Å²) in [5.41, 5.74) is 0.0501. The van der Waals surface area contributed by atoms with Gasteiger partial charge in [0.05, 0.1) is 17.9 Å². The molecule has 1 N–H and O–H groups in total. The number of pyridine rings is 1. The van der Waals surface area contributed by atoms with Crippen LogP contribution in [-0.4, -0.2) is 30.1 Å². The van der Waals surface area contributed by atoms with Crippen LogP contribution in [0.25, 0.3) is 0 Å². The molecule has 19 heavy (non-hydrogen) atoms. The summed E-state index contributed by atoms with van der Waals surface area (Å²) >= 11 is 0. The van der Waals surface area contributed by atoms with Gasteiger partial charge in [-0.25, -0.2) is 4.39 Å². The molecule has 0 saturated carbocycles. The molecule has 1 aromatic rings. The van der Waals surface area contributed by atoms with Crippen molar-refractivity contribution in [2.45, 2.75) is 38.2 Å². The summed E-state index contributed by atoms with van der Waals surface area (Å²) < 4.78 is 18.8. The second-order valence-electron chi connectivity index (χ2n) is 4.74. The van der Waals surface area contributed by atoms with E-state index in [-0.39, 0.29) is 11.5 Å². The average molecular weight is 266 g/mol. The second kappa shape index (κ2) is 7.19. The predicted molar refractivity (Wildman–Crippen MR) is 69.4 cm³/mol. The number of hydrogen-bond acceptors (Lipinski definition) is 3. The average Bonchev–Trinajstić information content (AvgIpc) is 2.92. The Morgan fingerprint density at radius 3 is 3.16 bits per heavy atom. The number of carbonyl (C=O) groups excluding carboxylic acids is 1. The number of aromatic nitrogens is 1. The van der Waals surface area contributed by atoms with Crippen molar-refractivity contribution in [1.29, 1.82) is 0 Å². The van der Waals surface area contributed by atoms with Crippen molar-refractivity contribution in [1.82, 2.24) is 10.3 Å². The Labute approximate surface area is 112 Å². The van der Waals surface area contributed by atoms with E-state index < -0.39 is 5.82 Å². The highest BCUT2D eigenvalue weighted by Gasteiger charge is 2.14. The molecule has 4 nitrogen and oxygen atoms in total. The molecule has 0 spiro atoms. The van der Waals surface area contributed by atoms with Crippen LogP contribution in [0.3, 0.4) is 0 Å². The highest BCUT2D eigenvalue weighted by atomic mass is 19.1. The Morgan fingerprint density at radius 2 is 2.42 bits per heavy atom. The van der Waals surface area contributed by atoms with Gasteiger partial charge in [-0.2, -0.15) is 0 Å². The summed E-state index contributed by atoms with van der Waals surface area (Å²) in [4.78, 5) is 15.3. The summed E-state index contributed by atoms with van der Waals surface area (Å²) in [6.45, 7) is 1.44. The molecule has 5 heteroatoms. The Morgan fingerprint density at radius 1 is 1.53 bits per heavy atom. The first-order valence-electron chi connectivity index (χ1n) is 6.76. The zero-order valence-corrected chi connectivity index (χ0v) is 10.9. The van der Waals surface area contributed by atoms with Gasteiger partial charge in [-0.1, -0.05) is 0 Å². The van der Waals surface area contributed by atoms with Crippen LogP contribution in [0.4, 0.5) is 4.39 Å². The molecule has 2 rings (SSSR count). The van der Waals surface area contributed by atoms with Crippen molar-refractivity contribution < 1.29 is 13.9 Å². The normalized spacial score (nSPS) is 18.5. The van der Waals surface area contributed by atoms with Crippen LogP contribution in [0, 0.1) is 5.82 Å². The molecule has 1 unspecified atom stereocenters. The number of nitrogens with one attached hydrogen (secondary N) is 1. The van der Waals surface area contributed by atoms with Gasteiger partial charge in [0, 0.05) is 19.3 Å². The van der Waals surface area contributed by atoms with Crippen LogP contribution < -0.4 is 5.32 Å². The molecule has 0 aliphatic carbocycles. The lowest BCUT2D eigenvalue weighted by Crippen LogP contribution is -2.25. The highest BCUT2D eigenvalue weighted by molar-refractivity contribution is 5.94. The van der Waals surface area contributed by atoms with Gasteiger partial charge in [0.15, 0.2) is 5.82 Å². The van der Waals surface area contributed by atoms with Crippen molar-refractivity contribution in [3.05, 3.63) is 29.8 Å². The van der Waals surface area contributed by atoms with E-state index >= 15 is 0 Å². The molecule has 1 saturated heterocycles. The number of nitrogens with zero attached hydrogens (tertiary/aromatic N) is 1. The lowest BCUT2D eigenvalue weighted by Gasteiger charge is -2.09. The van der Waals surface area contributed by atoms with Crippen LogP contribution in [0.2, 0.25) is 0 Å². The first-order chi connectivity index (χ1) is 9.27. The lowest BCUT2D eigenvalue weighted by molar-refractivity contribution is 0.0943. The fraction of sp³-hybridized carbons (Fsp3) is 0.571. The number of carbonyl (C=O) groups is 1. The molecule has 1 aliphatic heterocycles. The van der Waals surface area contributed by atoms with Gasteiger partial charge in [0.2, 0.25) is 0 Å². The predicted octanol–water partition coefficient (Wildman–Crippen LogP) is 2.30. The first-order valence-corrected chi connectivity index (χ1v) is 6.76. The highest BCUT2D eigenvalue weighted by Crippen LogP contribution is 2.17. The van der Waals surface area contributed by atoms with Gasteiger partial charge in [0.25, 0.3) is 5.91 Å². The molecule has 1 aliphatic rings. The van der Waals surface area contributed by atoms with E-state index in [1.165, 1.54) is 12.3 Å². The Bertz CT molecular complexity index is 420. The molecule has 1 atom stereocenters. The third-order valence-electron chi connectivity index (χ3n) is 3.28. The van der Waals surface area contributed by atoms with Crippen LogP contribution >= 0.6 is 0 Å². The van der Waals surface area contributed by atoms with Crippen LogP contribution in [0.15, 0.2) is 18.5 Å². The SMILES string of the molecule is O=C(NCCCCC1CCCO1)c1ccncc1F. The topological polar surface area (TPSA) is 51.2 Å². The summed E-state index contributed by atoms with van der Waals surface area (Å²) in [7, 11) is 0. The fourth-order valence-corrected chi connectivity index (χ4v) is 2.23. The minimum atomic E-state index is -0.584. The molecule has 1 aromatic heterocycles. The van der Waals surface area contributed by atoms with Gasteiger partial charge in [-0.15, -0.1) is 0 Å². The maximum Gasteiger partial charge on any atom is 0.254 e. The number of hydrogen-bond donors (Lipinski definition) is 1. The second-order valence-corrected chi connectivity index (χ2v) is 4.74. The monoisotopic (exact) mass is 266 g/mol. The van der Waals surface area contributed by atoms with Gasteiger partial charge in [-0.3, -0.25) is 9.78 Å². The van der Waals surface area contributed by atoms with Crippen molar-refractivity contribution in [2.24, 2.45) is 0 Å². The van der Waals surface area contributed by atoms with Gasteiger partial charge >= 0.3 is 0 Å². The number of ether oxygens (including phenoxy) is 1. The van der Waals surface area contributed by atoms with E-state index in [9.17, 15) is 9.18 Å². The number of amides is 1. The van der Waals surface area contributed by atoms with Crippen molar-refractivity contribution in [3.8, 4) is 0 Å². The Hall–Kier alpha value is -1.49. The summed E-state index contributed by atoms with van der Waals surface area (Å²) in [6, 6.07) is 1.39. The molecular formula is C14H19FN2O2. The van der Waals surface area contributed by atoms with E-state index in [4.69, 9.17) is 4.74 Å². The zero-order valence-electron chi connectivity index (χ0n) is 10.9. The van der Waals surface area contributed by atoms with Crippen LogP contribution in [0.1, 0.15) is 42.5 Å². The summed E-state index contributed by atoms with van der Waals surface area (Å²) in [5.74, 6) is -0.962. The molecular weight excluding hydrogens is 247 g/mol. The van der Waals surface area contributed by atoms with Gasteiger partial charge in [-0.05, 0) is 38.2 Å². The van der Waals surface area contributed by atoms with Crippen LogP contribution in [-0.2, 0) is 4.74 Å². The quantitative estimate of drug-likeness (QED) is 0.804. The third-order valence-corrected chi connectivity index (χ3v) is 3.28. The first kappa shape index (κ1) is 13.9. The van der Waals surface area contributed by atoms with Crippen molar-refractivity contribution in [3.63, 3.8) is 0 Å². The molecule has 2 heterocycles. The number of halogens is 1. The minimum absolute atomic E-state index is 0.0501. The third kappa shape index (κ3) is 4.28. The van der Waals surface area contributed by atoms with E-state index in [1.54, 1.807) is 0 Å². The lowest BCUT2D eigenvalue weighted by atomic mass is 10.1. The molecule has 0 bridgehead atoms. The molecule has 1 amide bonds. The maximum atomic E-state index is 13.3. The minimum Gasteiger partial charge on any atom is -0.378 e. The van der Waals surface area contributed by atoms with E-state index in [0.29, 0.717) is 12.6 Å². The molecule has 104 valence electrons. The van der Waals surface area contributed by atoms with E-state index in [2.05, 4.69) is 10.3 Å². The van der Waals surface area contributed by atoms with Crippen molar-refractivity contribution in [2.75, 3.05) is 13.2 Å². The smallest absolute Gasteiger partial charge is 0.254 e. The largest absolute Gasteiger partial charge is 0.378 e. The summed E-state index contributed by atoms with van der Waals surface area (Å²) in [6.07, 6.45) is 8.11. The fourth-order valence-electron chi connectivity index (χ4n) is 2.23. The van der Waals surface area contributed by atoms with Crippen molar-refractivity contribution >= 4 is 5.91 Å². The summed E-state index contributed by atoms with van der Waals surface area (Å²) in [5, 5.41) is 2.72. The molecule has 0 aromatic carbocycles. The van der Waals surface area contributed by atoms with Crippen LogP contribution in [0.5, 0.6) is 0 Å². The number of rotatable bonds is 6. The standard InChI is InChI=1S/C14H19FN2O2/c15-13-10-16-8-6-12(13)14(18)17-7-2-1-4-11-5-3-9-19-11/h6,8,10-11H,1-5,7,9H2,(H,17,18). The number of unbranched alkanes of at least 4 members (excludes halogenated alkanes) is 1. The Balaban J connectivity index is 1.62.